The predicted octanol–water partition coefficient (Wildman–Crippen LogP) is 2.80. The van der Waals surface area contributed by atoms with E-state index in [2.05, 4.69) is 0 Å². The van der Waals surface area contributed by atoms with Gasteiger partial charge in [-0.2, -0.15) is 0 Å². The van der Waals surface area contributed by atoms with E-state index in [0.29, 0.717) is 12.8 Å². The Balaban J connectivity index is 2.56. The summed E-state index contributed by atoms with van der Waals surface area (Å²) in [5.74, 6) is -0.381. The molecule has 16 heavy (non-hydrogen) atoms. The second kappa shape index (κ2) is 6.21. The Morgan fingerprint density at radius 1 is 1.12 bits per heavy atom. The largest absolute Gasteiger partial charge is 0.299 e. The Hall–Kier alpha value is -1.44. The molecule has 86 valence electrons. The molecule has 0 spiro atoms. The van der Waals surface area contributed by atoms with Crippen LogP contribution in [0.15, 0.2) is 30.3 Å². The highest BCUT2D eigenvalue weighted by Crippen LogP contribution is 2.09. The molecule has 2 heteroatoms. The number of carbonyl (C=O) groups is 2. The molecule has 0 aliphatic rings. The molecule has 1 atom stereocenters. The molecule has 1 rings (SSSR count). The fourth-order valence-corrected chi connectivity index (χ4v) is 1.59. The highest BCUT2D eigenvalue weighted by Gasteiger charge is 2.20. The summed E-state index contributed by atoms with van der Waals surface area (Å²) in [6.07, 6.45) is 1.67. The first-order valence-electron chi connectivity index (χ1n) is 5.74. The minimum Gasteiger partial charge on any atom is -0.299 e. The third-order valence-corrected chi connectivity index (χ3v) is 2.68. The first-order chi connectivity index (χ1) is 7.65. The first-order valence-corrected chi connectivity index (χ1v) is 5.74. The van der Waals surface area contributed by atoms with Crippen LogP contribution in [-0.4, -0.2) is 11.6 Å². The predicted molar refractivity (Wildman–Crippen MR) is 64.2 cm³/mol. The normalized spacial score (nSPS) is 12.1. The van der Waals surface area contributed by atoms with E-state index in [1.807, 2.05) is 37.3 Å². The van der Waals surface area contributed by atoms with Gasteiger partial charge in [0.25, 0.3) is 0 Å². The van der Waals surface area contributed by atoms with Gasteiger partial charge in [-0.1, -0.05) is 37.3 Å². The van der Waals surface area contributed by atoms with Gasteiger partial charge >= 0.3 is 0 Å². The summed E-state index contributed by atoms with van der Waals surface area (Å²) >= 11 is 0. The van der Waals surface area contributed by atoms with Crippen molar-refractivity contribution < 1.29 is 9.59 Å². The van der Waals surface area contributed by atoms with Crippen molar-refractivity contribution in [2.75, 3.05) is 0 Å². The van der Waals surface area contributed by atoms with Gasteiger partial charge in [0.15, 0.2) is 0 Å². The van der Waals surface area contributed by atoms with Crippen LogP contribution in [0.25, 0.3) is 0 Å². The van der Waals surface area contributed by atoms with E-state index in [1.54, 1.807) is 6.92 Å². The van der Waals surface area contributed by atoms with Gasteiger partial charge in [-0.3, -0.25) is 9.59 Å². The Labute approximate surface area is 96.7 Å². The van der Waals surface area contributed by atoms with Gasteiger partial charge in [-0.05, 0) is 18.9 Å². The summed E-state index contributed by atoms with van der Waals surface area (Å²) in [5.41, 5.74) is 0.976. The first kappa shape index (κ1) is 12.6. The fourth-order valence-electron chi connectivity index (χ4n) is 1.59. The molecule has 0 N–H and O–H groups in total. The van der Waals surface area contributed by atoms with Crippen LogP contribution in [0, 0.1) is 5.92 Å². The molecule has 0 bridgehead atoms. The van der Waals surface area contributed by atoms with Gasteiger partial charge in [-0.25, -0.2) is 0 Å². The van der Waals surface area contributed by atoms with E-state index >= 15 is 0 Å². The number of rotatable bonds is 6. The van der Waals surface area contributed by atoms with Gasteiger partial charge in [0.1, 0.15) is 11.6 Å². The van der Waals surface area contributed by atoms with Gasteiger partial charge in [0, 0.05) is 12.8 Å². The molecule has 1 aromatic rings. The van der Waals surface area contributed by atoms with Crippen LogP contribution in [0.5, 0.6) is 0 Å². The van der Waals surface area contributed by atoms with Crippen LogP contribution >= 0.6 is 0 Å². The summed E-state index contributed by atoms with van der Waals surface area (Å²) in [7, 11) is 0. The Morgan fingerprint density at radius 2 is 1.75 bits per heavy atom. The molecular formula is C14H18O2. The number of benzene rings is 1. The van der Waals surface area contributed by atoms with Crippen LogP contribution < -0.4 is 0 Å². The van der Waals surface area contributed by atoms with Crippen LogP contribution in [0.3, 0.4) is 0 Å². The van der Waals surface area contributed by atoms with Crippen molar-refractivity contribution in [2.45, 2.75) is 33.1 Å². The standard InChI is InChI=1S/C14H18O2/c1-3-7-13(15)11(2)14(16)10-12-8-5-4-6-9-12/h4-6,8-9,11H,3,7,10H2,1-2H3. The van der Waals surface area contributed by atoms with Crippen molar-refractivity contribution in [3.05, 3.63) is 35.9 Å². The molecule has 0 saturated heterocycles. The lowest BCUT2D eigenvalue weighted by Gasteiger charge is -2.08. The molecule has 1 unspecified atom stereocenters. The van der Waals surface area contributed by atoms with Crippen molar-refractivity contribution in [3.63, 3.8) is 0 Å². The lowest BCUT2D eigenvalue weighted by molar-refractivity contribution is -0.131. The summed E-state index contributed by atoms with van der Waals surface area (Å²) < 4.78 is 0. The minimum absolute atomic E-state index is 0.0182. The SMILES string of the molecule is CCCC(=O)C(C)C(=O)Cc1ccccc1. The minimum atomic E-state index is -0.458. The third-order valence-electron chi connectivity index (χ3n) is 2.68. The van der Waals surface area contributed by atoms with E-state index in [-0.39, 0.29) is 11.6 Å². The Bertz CT molecular complexity index is 354. The maximum atomic E-state index is 11.8. The van der Waals surface area contributed by atoms with Crippen molar-refractivity contribution in [1.29, 1.82) is 0 Å². The molecule has 0 aromatic heterocycles. The van der Waals surface area contributed by atoms with Crippen LogP contribution in [0.1, 0.15) is 32.3 Å². The average Bonchev–Trinajstić information content (AvgIpc) is 2.29. The molecule has 0 fully saturated rings. The molecule has 0 heterocycles. The van der Waals surface area contributed by atoms with Crippen LogP contribution in [0.2, 0.25) is 0 Å². The smallest absolute Gasteiger partial charge is 0.147 e. The maximum absolute atomic E-state index is 11.8. The van der Waals surface area contributed by atoms with Crippen LogP contribution in [0.4, 0.5) is 0 Å². The third kappa shape index (κ3) is 3.61. The van der Waals surface area contributed by atoms with E-state index in [9.17, 15) is 9.59 Å². The van der Waals surface area contributed by atoms with Crippen molar-refractivity contribution >= 4 is 11.6 Å². The number of Topliss-reactive ketones (excluding diaryl/α,β-unsaturated/α-hetero) is 2. The van der Waals surface area contributed by atoms with E-state index < -0.39 is 5.92 Å². The summed E-state index contributed by atoms with van der Waals surface area (Å²) in [6, 6.07) is 9.55. The second-order valence-corrected chi connectivity index (χ2v) is 4.07. The zero-order valence-corrected chi connectivity index (χ0v) is 9.90. The molecule has 2 nitrogen and oxygen atoms in total. The lowest BCUT2D eigenvalue weighted by Crippen LogP contribution is -2.22. The van der Waals surface area contributed by atoms with E-state index in [1.165, 1.54) is 0 Å². The topological polar surface area (TPSA) is 34.1 Å². The second-order valence-electron chi connectivity index (χ2n) is 4.07. The van der Waals surface area contributed by atoms with E-state index in [4.69, 9.17) is 0 Å². The highest BCUT2D eigenvalue weighted by molar-refractivity contribution is 6.02. The molecule has 0 saturated carbocycles. The van der Waals surface area contributed by atoms with Crippen LogP contribution in [-0.2, 0) is 16.0 Å². The van der Waals surface area contributed by atoms with Gasteiger partial charge in [0.05, 0.1) is 5.92 Å². The summed E-state index contributed by atoms with van der Waals surface area (Å²) in [6.45, 7) is 3.66. The Kier molecular flexibility index (Phi) is 4.90. The molecule has 0 aliphatic heterocycles. The molecule has 0 amide bonds. The van der Waals surface area contributed by atoms with Crippen molar-refractivity contribution in [2.24, 2.45) is 5.92 Å². The fraction of sp³-hybridized carbons (Fsp3) is 0.429. The summed E-state index contributed by atoms with van der Waals surface area (Å²) in [4.78, 5) is 23.4. The van der Waals surface area contributed by atoms with Crippen molar-refractivity contribution in [1.82, 2.24) is 0 Å². The zero-order valence-electron chi connectivity index (χ0n) is 9.90. The Morgan fingerprint density at radius 3 is 2.31 bits per heavy atom. The zero-order chi connectivity index (χ0) is 12.0. The van der Waals surface area contributed by atoms with Gasteiger partial charge in [0.2, 0.25) is 0 Å². The highest BCUT2D eigenvalue weighted by atomic mass is 16.1. The lowest BCUT2D eigenvalue weighted by atomic mass is 9.94. The van der Waals surface area contributed by atoms with Gasteiger partial charge < -0.3 is 0 Å². The van der Waals surface area contributed by atoms with Gasteiger partial charge in [-0.15, -0.1) is 0 Å². The number of carbonyl (C=O) groups excluding carboxylic acids is 2. The molecule has 0 aliphatic carbocycles. The molecule has 0 radical (unpaired) electrons. The van der Waals surface area contributed by atoms with Crippen molar-refractivity contribution in [3.8, 4) is 0 Å². The summed E-state index contributed by atoms with van der Waals surface area (Å²) in [5, 5.41) is 0. The average molecular weight is 218 g/mol. The number of ketones is 2. The maximum Gasteiger partial charge on any atom is 0.147 e. The molecule has 1 aromatic carbocycles. The number of hydrogen-bond acceptors (Lipinski definition) is 2. The number of hydrogen-bond donors (Lipinski definition) is 0. The van der Waals surface area contributed by atoms with E-state index in [0.717, 1.165) is 12.0 Å². The monoisotopic (exact) mass is 218 g/mol. The quantitative estimate of drug-likeness (QED) is 0.688. The molecular weight excluding hydrogens is 200 g/mol.